The van der Waals surface area contributed by atoms with Gasteiger partial charge >= 0.3 is 5.97 Å². The third kappa shape index (κ3) is 2.19. The molecule has 1 atom stereocenters. The van der Waals surface area contributed by atoms with Crippen molar-refractivity contribution < 1.29 is 9.90 Å². The standard InChI is InChI=1S/C8H15NO2/c1-2-9-5-3-4-7(6-9)8(10)11/h7H,2-6H2,1H3,(H,10,11)/t7-/m0/s1. The largest absolute Gasteiger partial charge is 0.481 e. The maximum Gasteiger partial charge on any atom is 0.307 e. The summed E-state index contributed by atoms with van der Waals surface area (Å²) in [5, 5.41) is 8.72. The number of likely N-dealkylation sites (tertiary alicyclic amines) is 1. The maximum atomic E-state index is 10.6. The second kappa shape index (κ2) is 3.72. The first kappa shape index (κ1) is 8.53. The molecule has 0 saturated carbocycles. The van der Waals surface area contributed by atoms with E-state index in [-0.39, 0.29) is 5.92 Å². The molecule has 0 aromatic heterocycles. The van der Waals surface area contributed by atoms with Crippen molar-refractivity contribution in [2.75, 3.05) is 19.6 Å². The van der Waals surface area contributed by atoms with Crippen LogP contribution in [0.25, 0.3) is 0 Å². The molecule has 11 heavy (non-hydrogen) atoms. The first-order valence-electron chi connectivity index (χ1n) is 4.19. The Morgan fingerprint density at radius 3 is 3.00 bits per heavy atom. The predicted molar refractivity (Wildman–Crippen MR) is 42.5 cm³/mol. The number of nitrogens with zero attached hydrogens (tertiary/aromatic N) is 1. The summed E-state index contributed by atoms with van der Waals surface area (Å²) in [6.07, 6.45) is 1.89. The molecule has 1 saturated heterocycles. The molecular formula is C8H15NO2. The van der Waals surface area contributed by atoms with Crippen molar-refractivity contribution in [1.82, 2.24) is 4.90 Å². The zero-order chi connectivity index (χ0) is 8.27. The number of hydrogen-bond donors (Lipinski definition) is 1. The van der Waals surface area contributed by atoms with Gasteiger partial charge in [-0.1, -0.05) is 6.92 Å². The van der Waals surface area contributed by atoms with Crippen LogP contribution < -0.4 is 0 Å². The fourth-order valence-corrected chi connectivity index (χ4v) is 1.54. The minimum Gasteiger partial charge on any atom is -0.481 e. The fourth-order valence-electron chi connectivity index (χ4n) is 1.54. The summed E-state index contributed by atoms with van der Waals surface area (Å²) >= 11 is 0. The zero-order valence-electron chi connectivity index (χ0n) is 6.92. The molecule has 1 aliphatic heterocycles. The Kier molecular flexibility index (Phi) is 2.88. The molecule has 1 fully saturated rings. The summed E-state index contributed by atoms with van der Waals surface area (Å²) in [7, 11) is 0. The Balaban J connectivity index is 2.39. The van der Waals surface area contributed by atoms with Gasteiger partial charge in [-0.05, 0) is 25.9 Å². The van der Waals surface area contributed by atoms with Crippen molar-refractivity contribution >= 4 is 5.97 Å². The summed E-state index contributed by atoms with van der Waals surface area (Å²) < 4.78 is 0. The van der Waals surface area contributed by atoms with Gasteiger partial charge in [-0.3, -0.25) is 4.79 Å². The van der Waals surface area contributed by atoms with Crippen LogP contribution in [0.1, 0.15) is 19.8 Å². The van der Waals surface area contributed by atoms with E-state index < -0.39 is 5.97 Å². The summed E-state index contributed by atoms with van der Waals surface area (Å²) in [5.74, 6) is -0.758. The predicted octanol–water partition coefficient (Wildman–Crippen LogP) is 0.803. The van der Waals surface area contributed by atoms with E-state index in [2.05, 4.69) is 11.8 Å². The van der Waals surface area contributed by atoms with Crippen LogP contribution >= 0.6 is 0 Å². The number of aliphatic carboxylic acids is 1. The molecule has 0 amide bonds. The van der Waals surface area contributed by atoms with E-state index in [0.717, 1.165) is 32.5 Å². The van der Waals surface area contributed by atoms with Crippen LogP contribution in [0.4, 0.5) is 0 Å². The number of rotatable bonds is 2. The third-order valence-corrected chi connectivity index (χ3v) is 2.30. The Labute approximate surface area is 67.0 Å². The van der Waals surface area contributed by atoms with Crippen molar-refractivity contribution in [2.45, 2.75) is 19.8 Å². The number of carboxylic acids is 1. The van der Waals surface area contributed by atoms with Gasteiger partial charge in [-0.25, -0.2) is 0 Å². The van der Waals surface area contributed by atoms with Gasteiger partial charge < -0.3 is 10.0 Å². The number of hydrogen-bond acceptors (Lipinski definition) is 2. The van der Waals surface area contributed by atoms with E-state index in [4.69, 9.17) is 5.11 Å². The van der Waals surface area contributed by atoms with Gasteiger partial charge in [0.2, 0.25) is 0 Å². The average molecular weight is 157 g/mol. The minimum absolute atomic E-state index is 0.122. The Bertz CT molecular complexity index is 147. The van der Waals surface area contributed by atoms with E-state index in [1.54, 1.807) is 0 Å². The molecule has 0 aliphatic carbocycles. The molecule has 0 aromatic carbocycles. The summed E-state index contributed by atoms with van der Waals surface area (Å²) in [5.41, 5.74) is 0. The Hall–Kier alpha value is -0.570. The maximum absolute atomic E-state index is 10.6. The lowest BCUT2D eigenvalue weighted by atomic mass is 9.98. The number of carboxylic acid groups (broad SMARTS) is 1. The first-order chi connectivity index (χ1) is 5.24. The number of carbonyl (C=O) groups is 1. The minimum atomic E-state index is -0.636. The molecule has 0 unspecified atom stereocenters. The molecule has 1 N–H and O–H groups in total. The molecule has 0 spiro atoms. The van der Waals surface area contributed by atoms with Crippen molar-refractivity contribution in [1.29, 1.82) is 0 Å². The molecular weight excluding hydrogens is 142 g/mol. The SMILES string of the molecule is CCN1CCC[C@H](C(=O)O)C1. The molecule has 3 heteroatoms. The monoisotopic (exact) mass is 157 g/mol. The molecule has 3 nitrogen and oxygen atoms in total. The zero-order valence-corrected chi connectivity index (χ0v) is 6.92. The van der Waals surface area contributed by atoms with Crippen LogP contribution in [-0.2, 0) is 4.79 Å². The molecule has 1 aliphatic rings. The van der Waals surface area contributed by atoms with Crippen LogP contribution in [-0.4, -0.2) is 35.6 Å². The molecule has 0 bridgehead atoms. The van der Waals surface area contributed by atoms with Gasteiger partial charge in [0, 0.05) is 6.54 Å². The van der Waals surface area contributed by atoms with E-state index in [1.807, 2.05) is 0 Å². The summed E-state index contributed by atoms with van der Waals surface area (Å²) in [6.45, 7) is 4.86. The second-order valence-electron chi connectivity index (χ2n) is 3.07. The van der Waals surface area contributed by atoms with Gasteiger partial charge in [-0.15, -0.1) is 0 Å². The van der Waals surface area contributed by atoms with E-state index in [1.165, 1.54) is 0 Å². The molecule has 64 valence electrons. The van der Waals surface area contributed by atoms with Crippen molar-refractivity contribution in [2.24, 2.45) is 5.92 Å². The fraction of sp³-hybridized carbons (Fsp3) is 0.875. The van der Waals surface area contributed by atoms with Crippen LogP contribution in [0.5, 0.6) is 0 Å². The van der Waals surface area contributed by atoms with Gasteiger partial charge in [0.05, 0.1) is 5.92 Å². The second-order valence-corrected chi connectivity index (χ2v) is 3.07. The third-order valence-electron chi connectivity index (χ3n) is 2.30. The first-order valence-corrected chi connectivity index (χ1v) is 4.19. The van der Waals surface area contributed by atoms with E-state index in [9.17, 15) is 4.79 Å². The average Bonchev–Trinajstić information content (AvgIpc) is 2.05. The lowest BCUT2D eigenvalue weighted by Crippen LogP contribution is -2.38. The molecule has 1 heterocycles. The molecule has 0 aromatic rings. The van der Waals surface area contributed by atoms with Crippen LogP contribution in [0.3, 0.4) is 0 Å². The topological polar surface area (TPSA) is 40.5 Å². The molecule has 1 rings (SSSR count). The highest BCUT2D eigenvalue weighted by Crippen LogP contribution is 2.15. The van der Waals surface area contributed by atoms with Crippen molar-refractivity contribution in [3.05, 3.63) is 0 Å². The summed E-state index contributed by atoms with van der Waals surface area (Å²) in [6, 6.07) is 0. The smallest absolute Gasteiger partial charge is 0.307 e. The highest BCUT2D eigenvalue weighted by molar-refractivity contribution is 5.70. The van der Waals surface area contributed by atoms with Crippen LogP contribution in [0, 0.1) is 5.92 Å². The Morgan fingerprint density at radius 2 is 2.45 bits per heavy atom. The normalized spacial score (nSPS) is 26.8. The van der Waals surface area contributed by atoms with Crippen molar-refractivity contribution in [3.63, 3.8) is 0 Å². The lowest BCUT2D eigenvalue weighted by Gasteiger charge is -2.29. The van der Waals surface area contributed by atoms with Crippen molar-refractivity contribution in [3.8, 4) is 0 Å². The number of piperidine rings is 1. The van der Waals surface area contributed by atoms with Gasteiger partial charge in [0.25, 0.3) is 0 Å². The Morgan fingerprint density at radius 1 is 1.73 bits per heavy atom. The molecule has 0 radical (unpaired) electrons. The van der Waals surface area contributed by atoms with Gasteiger partial charge in [0.1, 0.15) is 0 Å². The van der Waals surface area contributed by atoms with Crippen LogP contribution in [0.2, 0.25) is 0 Å². The van der Waals surface area contributed by atoms with Gasteiger partial charge in [0.15, 0.2) is 0 Å². The van der Waals surface area contributed by atoms with Gasteiger partial charge in [-0.2, -0.15) is 0 Å². The lowest BCUT2D eigenvalue weighted by molar-refractivity contribution is -0.143. The highest BCUT2D eigenvalue weighted by atomic mass is 16.4. The van der Waals surface area contributed by atoms with E-state index in [0.29, 0.717) is 0 Å². The van der Waals surface area contributed by atoms with E-state index >= 15 is 0 Å². The quantitative estimate of drug-likeness (QED) is 0.644. The highest BCUT2D eigenvalue weighted by Gasteiger charge is 2.23. The van der Waals surface area contributed by atoms with Crippen LogP contribution in [0.15, 0.2) is 0 Å². The summed E-state index contributed by atoms with van der Waals surface area (Å²) in [4.78, 5) is 12.8.